The lowest BCUT2D eigenvalue weighted by Gasteiger charge is -2.18. The Bertz CT molecular complexity index is 1010. The largest absolute Gasteiger partial charge is 0.508 e. The lowest BCUT2D eigenvalue weighted by molar-refractivity contribution is 0.475. The minimum absolute atomic E-state index is 0.0782. The van der Waals surface area contributed by atoms with Crippen LogP contribution in [0.4, 0.5) is 0 Å². The number of benzene rings is 3. The third kappa shape index (κ3) is 3.31. The van der Waals surface area contributed by atoms with Crippen LogP contribution in [-0.4, -0.2) is 14.9 Å². The third-order valence-electron chi connectivity index (χ3n) is 5.21. The van der Waals surface area contributed by atoms with Gasteiger partial charge in [-0.1, -0.05) is 67.6 Å². The van der Waals surface area contributed by atoms with Gasteiger partial charge in [-0.15, -0.1) is 0 Å². The predicted octanol–water partition coefficient (Wildman–Crippen LogP) is 5.54. The van der Waals surface area contributed by atoms with Gasteiger partial charge in [0.25, 0.3) is 0 Å². The highest BCUT2D eigenvalue weighted by molar-refractivity contribution is 5.67. The monoisotopic (exact) mass is 368 g/mol. The molecule has 0 radical (unpaired) electrons. The molecule has 3 heteroatoms. The molecule has 0 spiro atoms. The van der Waals surface area contributed by atoms with Gasteiger partial charge in [-0.3, -0.25) is 4.68 Å². The van der Waals surface area contributed by atoms with Crippen molar-refractivity contribution in [3.05, 3.63) is 107 Å². The molecule has 0 aliphatic heterocycles. The molecule has 0 bridgehead atoms. The third-order valence-corrected chi connectivity index (χ3v) is 5.21. The number of phenolic OH excluding ortho intramolecular Hbond substituents is 1. The van der Waals surface area contributed by atoms with Crippen LogP contribution in [0, 0.1) is 0 Å². The van der Waals surface area contributed by atoms with Crippen LogP contribution >= 0.6 is 0 Å². The zero-order valence-electron chi connectivity index (χ0n) is 16.2. The maximum Gasteiger partial charge on any atom is 0.115 e. The van der Waals surface area contributed by atoms with E-state index < -0.39 is 0 Å². The van der Waals surface area contributed by atoms with E-state index in [0.717, 1.165) is 23.4 Å². The summed E-state index contributed by atoms with van der Waals surface area (Å²) in [6.07, 6.45) is 0.884. The van der Waals surface area contributed by atoms with Crippen molar-refractivity contribution in [3.63, 3.8) is 0 Å². The summed E-state index contributed by atoms with van der Waals surface area (Å²) in [6.45, 7) is 2.18. The number of aromatic hydroxyl groups is 1. The number of hydrogen-bond donors (Lipinski definition) is 1. The fourth-order valence-corrected chi connectivity index (χ4v) is 3.95. The second-order valence-electron chi connectivity index (χ2n) is 6.99. The van der Waals surface area contributed by atoms with E-state index in [0.29, 0.717) is 0 Å². The molecule has 0 aliphatic rings. The highest BCUT2D eigenvalue weighted by Gasteiger charge is 2.25. The van der Waals surface area contributed by atoms with Gasteiger partial charge >= 0.3 is 0 Å². The first-order valence-electron chi connectivity index (χ1n) is 9.64. The molecule has 1 aromatic heterocycles. The normalized spacial score (nSPS) is 11.1. The van der Waals surface area contributed by atoms with E-state index in [-0.39, 0.29) is 11.7 Å². The minimum atomic E-state index is 0.0782. The van der Waals surface area contributed by atoms with E-state index >= 15 is 0 Å². The Balaban J connectivity index is 1.93. The Labute approximate surface area is 165 Å². The Morgan fingerprint density at radius 3 is 1.86 bits per heavy atom. The second-order valence-corrected chi connectivity index (χ2v) is 6.99. The summed E-state index contributed by atoms with van der Waals surface area (Å²) in [5, 5.41) is 14.7. The summed E-state index contributed by atoms with van der Waals surface area (Å²) in [5.74, 6) is 0.352. The molecule has 0 aliphatic carbocycles. The number of hydrogen-bond acceptors (Lipinski definition) is 2. The summed E-state index contributed by atoms with van der Waals surface area (Å²) >= 11 is 0. The van der Waals surface area contributed by atoms with Crippen molar-refractivity contribution in [2.45, 2.75) is 19.3 Å². The zero-order chi connectivity index (χ0) is 19.5. The standard InChI is InChI=1S/C25H24N2O/c1-3-22-24(26-27(2)25(22)20-14-16-21(28)17-15-20)23(18-10-6-4-7-11-18)19-12-8-5-9-13-19/h4-17,23,28H,3H2,1-2H3. The van der Waals surface area contributed by atoms with Crippen molar-refractivity contribution >= 4 is 0 Å². The molecular formula is C25H24N2O. The molecule has 140 valence electrons. The molecule has 4 aromatic rings. The maximum atomic E-state index is 9.67. The van der Waals surface area contributed by atoms with Crippen LogP contribution in [0.15, 0.2) is 84.9 Å². The quantitative estimate of drug-likeness (QED) is 0.502. The molecule has 0 saturated carbocycles. The number of phenols is 1. The van der Waals surface area contributed by atoms with E-state index in [1.54, 1.807) is 12.1 Å². The van der Waals surface area contributed by atoms with Crippen LogP contribution in [0.3, 0.4) is 0 Å². The first-order chi connectivity index (χ1) is 13.7. The Hall–Kier alpha value is -3.33. The molecule has 0 amide bonds. The van der Waals surface area contributed by atoms with Gasteiger partial charge in [0.05, 0.1) is 17.3 Å². The van der Waals surface area contributed by atoms with E-state index in [4.69, 9.17) is 5.10 Å². The Morgan fingerprint density at radius 2 is 1.36 bits per heavy atom. The van der Waals surface area contributed by atoms with Crippen LogP contribution in [0.5, 0.6) is 5.75 Å². The van der Waals surface area contributed by atoms with Crippen molar-refractivity contribution in [3.8, 4) is 17.0 Å². The lowest BCUT2D eigenvalue weighted by Crippen LogP contribution is -2.07. The maximum absolute atomic E-state index is 9.67. The summed E-state index contributed by atoms with van der Waals surface area (Å²) in [4.78, 5) is 0. The molecule has 3 nitrogen and oxygen atoms in total. The summed E-state index contributed by atoms with van der Waals surface area (Å²) in [6, 6.07) is 28.5. The molecule has 0 fully saturated rings. The second kappa shape index (κ2) is 7.73. The summed E-state index contributed by atoms with van der Waals surface area (Å²) < 4.78 is 1.97. The molecule has 0 saturated heterocycles. The minimum Gasteiger partial charge on any atom is -0.508 e. The first kappa shape index (κ1) is 18.1. The molecule has 0 atom stereocenters. The Morgan fingerprint density at radius 1 is 0.821 bits per heavy atom. The van der Waals surface area contributed by atoms with Gasteiger partial charge in [0.1, 0.15) is 5.75 Å². The average Bonchev–Trinajstić information content (AvgIpc) is 3.06. The average molecular weight is 368 g/mol. The Kier molecular flexibility index (Phi) is 4.98. The highest BCUT2D eigenvalue weighted by Crippen LogP contribution is 2.37. The van der Waals surface area contributed by atoms with Crippen LogP contribution in [0.1, 0.15) is 35.2 Å². The van der Waals surface area contributed by atoms with Crippen molar-refractivity contribution in [1.29, 1.82) is 0 Å². The molecule has 4 rings (SSSR count). The van der Waals surface area contributed by atoms with Crippen LogP contribution < -0.4 is 0 Å². The summed E-state index contributed by atoms with van der Waals surface area (Å²) in [7, 11) is 2.00. The number of rotatable bonds is 5. The topological polar surface area (TPSA) is 38.0 Å². The van der Waals surface area contributed by atoms with Gasteiger partial charge in [0, 0.05) is 18.2 Å². The van der Waals surface area contributed by atoms with Crippen molar-refractivity contribution < 1.29 is 5.11 Å². The van der Waals surface area contributed by atoms with Crippen LogP contribution in [0.2, 0.25) is 0 Å². The number of nitrogens with zero attached hydrogens (tertiary/aromatic N) is 2. The van der Waals surface area contributed by atoms with E-state index in [9.17, 15) is 5.11 Å². The van der Waals surface area contributed by atoms with E-state index in [1.807, 2.05) is 36.0 Å². The van der Waals surface area contributed by atoms with E-state index in [1.165, 1.54) is 16.7 Å². The lowest BCUT2D eigenvalue weighted by atomic mass is 9.85. The fraction of sp³-hybridized carbons (Fsp3) is 0.160. The summed E-state index contributed by atoms with van der Waals surface area (Å²) in [5.41, 5.74) is 6.97. The SMILES string of the molecule is CCc1c(C(c2ccccc2)c2ccccc2)nn(C)c1-c1ccc(O)cc1. The van der Waals surface area contributed by atoms with Gasteiger partial charge in [-0.05, 0) is 41.8 Å². The number of aryl methyl sites for hydroxylation is 1. The van der Waals surface area contributed by atoms with Gasteiger partial charge in [0.2, 0.25) is 0 Å². The van der Waals surface area contributed by atoms with Crippen LogP contribution in [0.25, 0.3) is 11.3 Å². The number of aromatic nitrogens is 2. The van der Waals surface area contributed by atoms with Crippen LogP contribution in [-0.2, 0) is 13.5 Å². The smallest absolute Gasteiger partial charge is 0.115 e. The molecule has 1 heterocycles. The van der Waals surface area contributed by atoms with Gasteiger partial charge < -0.3 is 5.11 Å². The molecular weight excluding hydrogens is 344 g/mol. The molecule has 3 aromatic carbocycles. The zero-order valence-corrected chi connectivity index (χ0v) is 16.2. The van der Waals surface area contributed by atoms with Crippen molar-refractivity contribution in [1.82, 2.24) is 9.78 Å². The van der Waals surface area contributed by atoms with Gasteiger partial charge in [-0.25, -0.2) is 0 Å². The highest BCUT2D eigenvalue weighted by atomic mass is 16.3. The fourth-order valence-electron chi connectivity index (χ4n) is 3.95. The van der Waals surface area contributed by atoms with Gasteiger partial charge in [-0.2, -0.15) is 5.10 Å². The first-order valence-corrected chi connectivity index (χ1v) is 9.64. The molecule has 1 N–H and O–H groups in total. The van der Waals surface area contributed by atoms with E-state index in [2.05, 4.69) is 55.5 Å². The van der Waals surface area contributed by atoms with Gasteiger partial charge in [0.15, 0.2) is 0 Å². The van der Waals surface area contributed by atoms with Crippen molar-refractivity contribution in [2.75, 3.05) is 0 Å². The van der Waals surface area contributed by atoms with Crippen molar-refractivity contribution in [2.24, 2.45) is 7.05 Å². The molecule has 0 unspecified atom stereocenters. The molecule has 28 heavy (non-hydrogen) atoms. The predicted molar refractivity (Wildman–Crippen MR) is 114 cm³/mol.